The first-order chi connectivity index (χ1) is 13.9. The van der Waals surface area contributed by atoms with E-state index >= 15 is 0 Å². The van der Waals surface area contributed by atoms with Crippen LogP contribution in [0.25, 0.3) is 4.91 Å². The standard InChI is InChI=1S/C23H33N3O2S/c1-17(2)19-9-11-20(12-10-19)22-18(3)23(24-29(22,27)28)26-15-13-25(14-16-26)21-7-5-4-6-8-21/h9-12,17,21H,4-8,13-16H2,1-3H3. The highest BCUT2D eigenvalue weighted by Crippen LogP contribution is 2.34. The van der Waals surface area contributed by atoms with Crippen LogP contribution in [0.2, 0.25) is 0 Å². The van der Waals surface area contributed by atoms with E-state index in [1.807, 2.05) is 31.2 Å². The molecule has 2 heterocycles. The first-order valence-electron chi connectivity index (χ1n) is 11.0. The molecule has 1 saturated carbocycles. The number of amidine groups is 1. The zero-order chi connectivity index (χ0) is 20.6. The van der Waals surface area contributed by atoms with Crippen LogP contribution < -0.4 is 0 Å². The highest BCUT2D eigenvalue weighted by molar-refractivity contribution is 8.00. The number of hydrogen-bond acceptors (Lipinski definition) is 4. The molecule has 4 rings (SSSR count). The Morgan fingerprint density at radius 3 is 2.17 bits per heavy atom. The van der Waals surface area contributed by atoms with Crippen molar-refractivity contribution in [3.05, 3.63) is 41.0 Å². The summed E-state index contributed by atoms with van der Waals surface area (Å²) in [5, 5.41) is 0. The van der Waals surface area contributed by atoms with Gasteiger partial charge in [0, 0.05) is 37.8 Å². The number of nitrogens with zero attached hydrogens (tertiary/aromatic N) is 3. The van der Waals surface area contributed by atoms with E-state index in [0.29, 0.717) is 22.7 Å². The first-order valence-corrected chi connectivity index (χ1v) is 12.5. The molecule has 0 spiro atoms. The minimum atomic E-state index is -3.64. The van der Waals surface area contributed by atoms with Gasteiger partial charge in [0.15, 0.2) is 0 Å². The Hall–Kier alpha value is -1.66. The Kier molecular flexibility index (Phi) is 5.85. The molecule has 1 aromatic rings. The average molecular weight is 416 g/mol. The van der Waals surface area contributed by atoms with Gasteiger partial charge in [-0.1, -0.05) is 57.4 Å². The third kappa shape index (κ3) is 4.15. The molecule has 2 aliphatic heterocycles. The highest BCUT2D eigenvalue weighted by Gasteiger charge is 2.35. The monoisotopic (exact) mass is 415 g/mol. The zero-order valence-electron chi connectivity index (χ0n) is 17.9. The van der Waals surface area contributed by atoms with E-state index in [0.717, 1.165) is 37.3 Å². The minimum Gasteiger partial charge on any atom is -0.353 e. The molecule has 6 heteroatoms. The van der Waals surface area contributed by atoms with Crippen molar-refractivity contribution in [1.82, 2.24) is 9.80 Å². The normalized spacial score (nSPS) is 23.7. The Balaban J connectivity index is 1.51. The SMILES string of the molecule is CC1=C(c2ccc(C(C)C)cc2)S(=O)(=O)N=C1N1CCN(C2CCCCC2)CC1. The Morgan fingerprint density at radius 1 is 0.966 bits per heavy atom. The van der Waals surface area contributed by atoms with E-state index in [2.05, 4.69) is 28.0 Å². The van der Waals surface area contributed by atoms with Gasteiger partial charge in [-0.2, -0.15) is 8.42 Å². The lowest BCUT2D eigenvalue weighted by Crippen LogP contribution is -2.52. The largest absolute Gasteiger partial charge is 0.353 e. The molecule has 2 fully saturated rings. The maximum Gasteiger partial charge on any atom is 0.285 e. The van der Waals surface area contributed by atoms with Crippen LogP contribution in [0.4, 0.5) is 0 Å². The number of rotatable bonds is 3. The van der Waals surface area contributed by atoms with Crippen molar-refractivity contribution in [2.75, 3.05) is 26.2 Å². The van der Waals surface area contributed by atoms with E-state index in [1.165, 1.54) is 37.7 Å². The first kappa shape index (κ1) is 20.6. The molecule has 0 radical (unpaired) electrons. The van der Waals surface area contributed by atoms with Crippen molar-refractivity contribution in [3.8, 4) is 0 Å². The Labute approximate surface area is 175 Å². The molecule has 158 valence electrons. The Morgan fingerprint density at radius 2 is 1.59 bits per heavy atom. The van der Waals surface area contributed by atoms with Crippen LogP contribution in [0.1, 0.15) is 69.9 Å². The summed E-state index contributed by atoms with van der Waals surface area (Å²) in [4.78, 5) is 5.14. The van der Waals surface area contributed by atoms with Gasteiger partial charge in [0.25, 0.3) is 10.0 Å². The summed E-state index contributed by atoms with van der Waals surface area (Å²) in [6.07, 6.45) is 6.68. The van der Waals surface area contributed by atoms with Gasteiger partial charge in [-0.15, -0.1) is 4.40 Å². The quantitative estimate of drug-likeness (QED) is 0.741. The zero-order valence-corrected chi connectivity index (χ0v) is 18.7. The van der Waals surface area contributed by atoms with Crippen molar-refractivity contribution in [2.45, 2.75) is 64.8 Å². The molecule has 0 aromatic heterocycles. The predicted molar refractivity (Wildman–Crippen MR) is 119 cm³/mol. The second kappa shape index (κ2) is 8.23. The molecule has 0 N–H and O–H groups in total. The van der Waals surface area contributed by atoms with Crippen LogP contribution >= 0.6 is 0 Å². The molecule has 5 nitrogen and oxygen atoms in total. The molecule has 1 saturated heterocycles. The molecule has 0 amide bonds. The maximum absolute atomic E-state index is 12.9. The Bertz CT molecular complexity index is 902. The predicted octanol–water partition coefficient (Wildman–Crippen LogP) is 4.23. The van der Waals surface area contributed by atoms with Crippen LogP contribution in [0.15, 0.2) is 34.2 Å². The van der Waals surface area contributed by atoms with Crippen molar-refractivity contribution < 1.29 is 8.42 Å². The number of benzene rings is 1. The van der Waals surface area contributed by atoms with E-state index in [4.69, 9.17) is 0 Å². The van der Waals surface area contributed by atoms with E-state index in [-0.39, 0.29) is 0 Å². The fraction of sp³-hybridized carbons (Fsp3) is 0.609. The number of hydrogen-bond donors (Lipinski definition) is 0. The van der Waals surface area contributed by atoms with Gasteiger partial charge < -0.3 is 4.90 Å². The second-order valence-electron chi connectivity index (χ2n) is 8.94. The topological polar surface area (TPSA) is 53.0 Å². The summed E-state index contributed by atoms with van der Waals surface area (Å²) in [5.41, 5.74) is 2.74. The lowest BCUT2D eigenvalue weighted by atomic mass is 9.94. The van der Waals surface area contributed by atoms with Crippen molar-refractivity contribution >= 4 is 20.8 Å². The van der Waals surface area contributed by atoms with Crippen molar-refractivity contribution in [1.29, 1.82) is 0 Å². The summed E-state index contributed by atoms with van der Waals surface area (Å²) >= 11 is 0. The maximum atomic E-state index is 12.9. The third-order valence-corrected chi connectivity index (χ3v) is 8.16. The van der Waals surface area contributed by atoms with Crippen LogP contribution in [0, 0.1) is 0 Å². The molecule has 0 bridgehead atoms. The van der Waals surface area contributed by atoms with Gasteiger partial charge in [0.2, 0.25) is 0 Å². The van der Waals surface area contributed by atoms with Gasteiger partial charge >= 0.3 is 0 Å². The average Bonchev–Trinajstić information content (AvgIpc) is 2.97. The minimum absolute atomic E-state index is 0.373. The molecule has 29 heavy (non-hydrogen) atoms. The third-order valence-electron chi connectivity index (χ3n) is 6.69. The van der Waals surface area contributed by atoms with E-state index in [9.17, 15) is 8.42 Å². The van der Waals surface area contributed by atoms with Gasteiger partial charge in [-0.3, -0.25) is 4.90 Å². The molecular formula is C23H33N3O2S. The highest BCUT2D eigenvalue weighted by atomic mass is 32.2. The summed E-state index contributed by atoms with van der Waals surface area (Å²) in [6, 6.07) is 8.61. The van der Waals surface area contributed by atoms with Crippen LogP contribution in [0.5, 0.6) is 0 Å². The lowest BCUT2D eigenvalue weighted by molar-refractivity contribution is 0.107. The summed E-state index contributed by atoms with van der Waals surface area (Å²) in [7, 11) is -3.64. The smallest absolute Gasteiger partial charge is 0.285 e. The van der Waals surface area contributed by atoms with Gasteiger partial charge in [-0.25, -0.2) is 0 Å². The van der Waals surface area contributed by atoms with Crippen molar-refractivity contribution in [2.24, 2.45) is 4.40 Å². The molecule has 0 atom stereocenters. The molecule has 0 unspecified atom stereocenters. The van der Waals surface area contributed by atoms with Gasteiger partial charge in [0.1, 0.15) is 10.7 Å². The van der Waals surface area contributed by atoms with Crippen LogP contribution in [0.3, 0.4) is 0 Å². The number of sulfonamides is 1. The van der Waals surface area contributed by atoms with Gasteiger partial charge in [0.05, 0.1) is 0 Å². The molecule has 1 aliphatic carbocycles. The van der Waals surface area contributed by atoms with Crippen molar-refractivity contribution in [3.63, 3.8) is 0 Å². The molecule has 3 aliphatic rings. The summed E-state index contributed by atoms with van der Waals surface area (Å²) in [5.74, 6) is 1.07. The fourth-order valence-electron chi connectivity index (χ4n) is 4.95. The number of piperazine rings is 1. The summed E-state index contributed by atoms with van der Waals surface area (Å²) in [6.45, 7) is 9.87. The van der Waals surface area contributed by atoms with Gasteiger partial charge in [-0.05, 0) is 36.8 Å². The van der Waals surface area contributed by atoms with E-state index < -0.39 is 10.0 Å². The van der Waals surface area contributed by atoms with Crippen LogP contribution in [-0.4, -0.2) is 56.3 Å². The molecule has 1 aromatic carbocycles. The lowest BCUT2D eigenvalue weighted by Gasteiger charge is -2.41. The van der Waals surface area contributed by atoms with Crippen LogP contribution in [-0.2, 0) is 10.0 Å². The second-order valence-corrected chi connectivity index (χ2v) is 10.5. The van der Waals surface area contributed by atoms with E-state index in [1.54, 1.807) is 0 Å². The molecular weight excluding hydrogens is 382 g/mol. The summed E-state index contributed by atoms with van der Waals surface area (Å²) < 4.78 is 29.9. The fourth-order valence-corrected chi connectivity index (χ4v) is 6.43.